The molecule has 8 heteroatoms. The Kier molecular flexibility index (Phi) is 4.92. The Balaban J connectivity index is 2.30. The van der Waals surface area contributed by atoms with Crippen molar-refractivity contribution in [2.75, 3.05) is 18.1 Å². The molecule has 1 unspecified atom stereocenters. The van der Waals surface area contributed by atoms with Gasteiger partial charge >= 0.3 is 5.97 Å². The van der Waals surface area contributed by atoms with Gasteiger partial charge in [-0.25, -0.2) is 8.42 Å². The van der Waals surface area contributed by atoms with Gasteiger partial charge in [0.05, 0.1) is 17.0 Å². The van der Waals surface area contributed by atoms with Crippen LogP contribution in [0.5, 0.6) is 0 Å². The summed E-state index contributed by atoms with van der Waals surface area (Å²) < 4.78 is 22.8. The van der Waals surface area contributed by atoms with Gasteiger partial charge in [-0.05, 0) is 32.0 Å². The summed E-state index contributed by atoms with van der Waals surface area (Å²) in [5.74, 6) is -0.584. The van der Waals surface area contributed by atoms with Crippen LogP contribution >= 0.6 is 12.2 Å². The van der Waals surface area contributed by atoms with Crippen LogP contribution in [0.3, 0.4) is 0 Å². The molecule has 0 aromatic heterocycles. The molecule has 18 heavy (non-hydrogen) atoms. The van der Waals surface area contributed by atoms with Crippen LogP contribution in [-0.2, 0) is 14.6 Å². The summed E-state index contributed by atoms with van der Waals surface area (Å²) in [7, 11) is -2.96. The fraction of sp³-hybridized carbons (Fsp3) is 0.800. The number of sulfone groups is 1. The molecule has 1 saturated heterocycles. The molecule has 1 aliphatic rings. The lowest BCUT2D eigenvalue weighted by atomic mass is 10.0. The first kappa shape index (κ1) is 15.2. The van der Waals surface area contributed by atoms with Crippen LogP contribution in [0.25, 0.3) is 0 Å². The van der Waals surface area contributed by atoms with Crippen molar-refractivity contribution in [2.45, 2.75) is 31.7 Å². The van der Waals surface area contributed by atoms with Crippen molar-refractivity contribution in [1.29, 1.82) is 0 Å². The minimum Gasteiger partial charge on any atom is -0.481 e. The maximum atomic E-state index is 11.4. The second-order valence-corrected chi connectivity index (χ2v) is 7.37. The predicted molar refractivity (Wildman–Crippen MR) is 72.3 cm³/mol. The van der Waals surface area contributed by atoms with E-state index in [4.69, 9.17) is 17.3 Å². The second kappa shape index (κ2) is 5.83. The van der Waals surface area contributed by atoms with Crippen molar-refractivity contribution in [3.63, 3.8) is 0 Å². The fourth-order valence-electron chi connectivity index (χ4n) is 1.87. The van der Waals surface area contributed by atoms with E-state index in [1.165, 1.54) is 0 Å². The van der Waals surface area contributed by atoms with Crippen LogP contribution in [0.1, 0.15) is 26.2 Å². The van der Waals surface area contributed by atoms with Crippen LogP contribution in [-0.4, -0.2) is 48.2 Å². The van der Waals surface area contributed by atoms with E-state index in [1.54, 1.807) is 0 Å². The molecule has 6 nitrogen and oxygen atoms in total. The minimum atomic E-state index is -2.96. The van der Waals surface area contributed by atoms with E-state index in [9.17, 15) is 13.2 Å². The van der Waals surface area contributed by atoms with Crippen LogP contribution in [0.2, 0.25) is 0 Å². The smallest absolute Gasteiger partial charge is 0.303 e. The largest absolute Gasteiger partial charge is 0.481 e. The normalized spacial score (nSPS) is 25.6. The first-order valence-corrected chi connectivity index (χ1v) is 7.94. The highest BCUT2D eigenvalue weighted by atomic mass is 32.2. The maximum absolute atomic E-state index is 11.4. The lowest BCUT2D eigenvalue weighted by Gasteiger charge is -2.25. The van der Waals surface area contributed by atoms with Gasteiger partial charge in [0.2, 0.25) is 0 Å². The first-order chi connectivity index (χ1) is 8.22. The highest BCUT2D eigenvalue weighted by Gasteiger charge is 2.38. The van der Waals surface area contributed by atoms with Crippen molar-refractivity contribution in [3.05, 3.63) is 0 Å². The monoisotopic (exact) mass is 294 g/mol. The highest BCUT2D eigenvalue weighted by Crippen LogP contribution is 2.22. The number of hydrogen-bond donors (Lipinski definition) is 3. The fourth-order valence-corrected chi connectivity index (χ4v) is 4.31. The molecule has 3 N–H and O–H groups in total. The van der Waals surface area contributed by atoms with E-state index >= 15 is 0 Å². The number of rotatable bonds is 5. The summed E-state index contributed by atoms with van der Waals surface area (Å²) >= 11 is 5.05. The average Bonchev–Trinajstić information content (AvgIpc) is 2.47. The van der Waals surface area contributed by atoms with Gasteiger partial charge in [0.1, 0.15) is 0 Å². The number of carboxylic acid groups (broad SMARTS) is 1. The number of thiocarbonyl (C=S) groups is 1. The Hall–Kier alpha value is -0.890. The molecule has 0 bridgehead atoms. The van der Waals surface area contributed by atoms with Crippen LogP contribution in [0.15, 0.2) is 0 Å². The number of carbonyl (C=O) groups is 1. The molecule has 1 fully saturated rings. The Labute approximate surface area is 112 Å². The lowest BCUT2D eigenvalue weighted by molar-refractivity contribution is -0.137. The van der Waals surface area contributed by atoms with E-state index in [0.717, 1.165) is 0 Å². The molecule has 0 aromatic carbocycles. The first-order valence-electron chi connectivity index (χ1n) is 5.71. The second-order valence-electron chi connectivity index (χ2n) is 4.78. The Morgan fingerprint density at radius 3 is 2.67 bits per heavy atom. The van der Waals surface area contributed by atoms with Gasteiger partial charge in [-0.2, -0.15) is 0 Å². The Morgan fingerprint density at radius 2 is 2.17 bits per heavy atom. The number of aliphatic carboxylic acids is 1. The van der Waals surface area contributed by atoms with Crippen LogP contribution < -0.4 is 10.6 Å². The number of hydrogen-bond acceptors (Lipinski definition) is 4. The van der Waals surface area contributed by atoms with Gasteiger partial charge in [0.15, 0.2) is 14.9 Å². The molecule has 0 aromatic rings. The molecule has 0 aliphatic carbocycles. The van der Waals surface area contributed by atoms with Crippen molar-refractivity contribution >= 4 is 33.1 Å². The van der Waals surface area contributed by atoms with Crippen molar-refractivity contribution in [2.24, 2.45) is 0 Å². The van der Waals surface area contributed by atoms with E-state index < -0.39 is 21.3 Å². The van der Waals surface area contributed by atoms with Gasteiger partial charge in [-0.15, -0.1) is 0 Å². The summed E-state index contributed by atoms with van der Waals surface area (Å²) in [6.45, 7) is 2.28. The van der Waals surface area contributed by atoms with Gasteiger partial charge in [-0.3, -0.25) is 4.79 Å². The average molecular weight is 294 g/mol. The van der Waals surface area contributed by atoms with Crippen LogP contribution in [0.4, 0.5) is 0 Å². The molecule has 1 rings (SSSR count). The van der Waals surface area contributed by atoms with E-state index in [1.807, 2.05) is 6.92 Å². The highest BCUT2D eigenvalue weighted by molar-refractivity contribution is 7.91. The van der Waals surface area contributed by atoms with E-state index in [2.05, 4.69) is 10.6 Å². The zero-order valence-electron chi connectivity index (χ0n) is 10.2. The summed E-state index contributed by atoms with van der Waals surface area (Å²) in [4.78, 5) is 10.3. The number of carboxylic acids is 1. The van der Waals surface area contributed by atoms with Crippen molar-refractivity contribution < 1.29 is 18.3 Å². The summed E-state index contributed by atoms with van der Waals surface area (Å²) in [6, 6.07) is 0. The van der Waals surface area contributed by atoms with Gasteiger partial charge in [-0.1, -0.05) is 0 Å². The quantitative estimate of drug-likeness (QED) is 0.481. The number of nitrogens with one attached hydrogen (secondary N) is 2. The van der Waals surface area contributed by atoms with E-state index in [0.29, 0.717) is 24.5 Å². The third kappa shape index (κ3) is 5.18. The molecule has 0 saturated carbocycles. The zero-order valence-corrected chi connectivity index (χ0v) is 11.9. The lowest BCUT2D eigenvalue weighted by Crippen LogP contribution is -2.51. The third-order valence-corrected chi connectivity index (χ3v) is 4.92. The zero-order chi connectivity index (χ0) is 13.8. The summed E-state index contributed by atoms with van der Waals surface area (Å²) in [5, 5.41) is 14.7. The molecular formula is C10H18N2O4S2. The van der Waals surface area contributed by atoms with Gasteiger partial charge < -0.3 is 15.7 Å². The summed E-state index contributed by atoms with van der Waals surface area (Å²) in [5.41, 5.74) is -0.518. The third-order valence-electron chi connectivity index (χ3n) is 2.77. The Morgan fingerprint density at radius 1 is 1.50 bits per heavy atom. The van der Waals surface area contributed by atoms with Gasteiger partial charge in [0, 0.05) is 13.0 Å². The van der Waals surface area contributed by atoms with Gasteiger partial charge in [0.25, 0.3) is 0 Å². The molecule has 1 atom stereocenters. The van der Waals surface area contributed by atoms with Crippen LogP contribution in [0, 0.1) is 0 Å². The maximum Gasteiger partial charge on any atom is 0.303 e. The molecule has 0 spiro atoms. The molecule has 1 heterocycles. The molecule has 0 amide bonds. The van der Waals surface area contributed by atoms with Crippen molar-refractivity contribution in [3.8, 4) is 0 Å². The Bertz CT molecular complexity index is 435. The van der Waals surface area contributed by atoms with Crippen molar-refractivity contribution in [1.82, 2.24) is 10.6 Å². The minimum absolute atomic E-state index is 0.0803. The predicted octanol–water partition coefficient (Wildman–Crippen LogP) is -0.107. The molecule has 104 valence electrons. The standard InChI is InChI=1S/C10H18N2O4S2/c1-10(4-6-18(15,16)7-10)12-9(17)11-5-2-3-8(13)14/h2-7H2,1H3,(H,13,14)(H2,11,12,17). The summed E-state index contributed by atoms with van der Waals surface area (Å²) in [6.07, 6.45) is 1.10. The topological polar surface area (TPSA) is 95.5 Å². The van der Waals surface area contributed by atoms with E-state index in [-0.39, 0.29) is 17.9 Å². The molecule has 0 radical (unpaired) electrons. The molecular weight excluding hydrogens is 276 g/mol. The molecule has 1 aliphatic heterocycles. The SMILES string of the molecule is CC1(NC(=S)NCCCC(=O)O)CCS(=O)(=O)C1.